The summed E-state index contributed by atoms with van der Waals surface area (Å²) in [5.74, 6) is 0. The summed E-state index contributed by atoms with van der Waals surface area (Å²) in [6.07, 6.45) is 5.88. The third kappa shape index (κ3) is 3.82. The lowest BCUT2D eigenvalue weighted by molar-refractivity contribution is 0.0886. The summed E-state index contributed by atoms with van der Waals surface area (Å²) in [4.78, 5) is 0. The van der Waals surface area contributed by atoms with Gasteiger partial charge in [0.2, 0.25) is 0 Å². The Kier molecular flexibility index (Phi) is 4.57. The first-order valence-electron chi connectivity index (χ1n) is 6.61. The fraction of sp³-hybridized carbons (Fsp3) is 0.769. The maximum atomic E-state index is 5.71. The van der Waals surface area contributed by atoms with Crippen LogP contribution in [0.5, 0.6) is 0 Å². The van der Waals surface area contributed by atoms with E-state index < -0.39 is 0 Å². The zero-order chi connectivity index (χ0) is 12.1. The summed E-state index contributed by atoms with van der Waals surface area (Å²) >= 11 is 0. The van der Waals surface area contributed by atoms with Crippen LogP contribution in [-0.4, -0.2) is 29.0 Å². The van der Waals surface area contributed by atoms with Gasteiger partial charge in [0, 0.05) is 18.3 Å². The van der Waals surface area contributed by atoms with Crippen molar-refractivity contribution in [2.24, 2.45) is 0 Å². The SMILES string of the molecule is CC(C)n1ccc(COCC2CCCCN2)n1. The molecule has 1 N–H and O–H groups in total. The molecule has 4 heteroatoms. The van der Waals surface area contributed by atoms with Gasteiger partial charge in [0.15, 0.2) is 0 Å². The van der Waals surface area contributed by atoms with Crippen molar-refractivity contribution in [3.05, 3.63) is 18.0 Å². The number of ether oxygens (including phenoxy) is 1. The van der Waals surface area contributed by atoms with Gasteiger partial charge in [0.05, 0.1) is 18.9 Å². The smallest absolute Gasteiger partial charge is 0.0907 e. The summed E-state index contributed by atoms with van der Waals surface area (Å²) in [6.45, 7) is 6.82. The van der Waals surface area contributed by atoms with E-state index in [-0.39, 0.29) is 0 Å². The second kappa shape index (κ2) is 6.17. The van der Waals surface area contributed by atoms with Gasteiger partial charge in [0.1, 0.15) is 0 Å². The minimum atomic E-state index is 0.420. The fourth-order valence-electron chi connectivity index (χ4n) is 2.11. The van der Waals surface area contributed by atoms with Gasteiger partial charge >= 0.3 is 0 Å². The first-order chi connectivity index (χ1) is 8.25. The maximum absolute atomic E-state index is 5.71. The molecule has 0 aliphatic carbocycles. The molecule has 0 bridgehead atoms. The molecule has 2 rings (SSSR count). The Labute approximate surface area is 103 Å². The van der Waals surface area contributed by atoms with E-state index in [0.717, 1.165) is 18.8 Å². The number of piperidine rings is 1. The van der Waals surface area contributed by atoms with Gasteiger partial charge in [0.25, 0.3) is 0 Å². The second-order valence-corrected chi connectivity index (χ2v) is 5.04. The molecule has 2 heterocycles. The Balaban J connectivity index is 1.70. The van der Waals surface area contributed by atoms with Crippen LogP contribution in [0.15, 0.2) is 12.3 Å². The van der Waals surface area contributed by atoms with E-state index in [9.17, 15) is 0 Å². The van der Waals surface area contributed by atoms with E-state index in [1.807, 2.05) is 16.9 Å². The first-order valence-corrected chi connectivity index (χ1v) is 6.61. The van der Waals surface area contributed by atoms with E-state index in [2.05, 4.69) is 24.3 Å². The van der Waals surface area contributed by atoms with Gasteiger partial charge in [-0.1, -0.05) is 6.42 Å². The van der Waals surface area contributed by atoms with Gasteiger partial charge in [-0.15, -0.1) is 0 Å². The summed E-state index contributed by atoms with van der Waals surface area (Å²) in [6, 6.07) is 2.99. The largest absolute Gasteiger partial charge is 0.373 e. The van der Waals surface area contributed by atoms with E-state index in [4.69, 9.17) is 4.74 Å². The lowest BCUT2D eigenvalue weighted by Gasteiger charge is -2.22. The normalized spacial score (nSPS) is 21.0. The maximum Gasteiger partial charge on any atom is 0.0907 e. The highest BCUT2D eigenvalue weighted by Gasteiger charge is 2.12. The first kappa shape index (κ1) is 12.6. The van der Waals surface area contributed by atoms with Crippen LogP contribution in [0.4, 0.5) is 0 Å². The Morgan fingerprint density at radius 1 is 1.53 bits per heavy atom. The number of nitrogens with one attached hydrogen (secondary N) is 1. The van der Waals surface area contributed by atoms with Crippen LogP contribution in [0.25, 0.3) is 0 Å². The van der Waals surface area contributed by atoms with Crippen LogP contribution >= 0.6 is 0 Å². The lowest BCUT2D eigenvalue weighted by Crippen LogP contribution is -2.37. The molecule has 0 aromatic carbocycles. The van der Waals surface area contributed by atoms with Crippen LogP contribution in [-0.2, 0) is 11.3 Å². The summed E-state index contributed by atoms with van der Waals surface area (Å²) in [7, 11) is 0. The van der Waals surface area contributed by atoms with Crippen molar-refractivity contribution in [1.82, 2.24) is 15.1 Å². The molecule has 0 radical (unpaired) electrons. The minimum Gasteiger partial charge on any atom is -0.373 e. The van der Waals surface area contributed by atoms with Gasteiger partial charge in [-0.2, -0.15) is 5.10 Å². The topological polar surface area (TPSA) is 39.1 Å². The van der Waals surface area contributed by atoms with Crippen molar-refractivity contribution in [3.63, 3.8) is 0 Å². The van der Waals surface area contributed by atoms with Gasteiger partial charge in [-0.3, -0.25) is 4.68 Å². The molecule has 1 aromatic heterocycles. The van der Waals surface area contributed by atoms with Gasteiger partial charge in [-0.05, 0) is 39.3 Å². The molecule has 17 heavy (non-hydrogen) atoms. The Morgan fingerprint density at radius 3 is 3.06 bits per heavy atom. The number of nitrogens with zero attached hydrogens (tertiary/aromatic N) is 2. The second-order valence-electron chi connectivity index (χ2n) is 5.04. The monoisotopic (exact) mass is 237 g/mol. The highest BCUT2D eigenvalue weighted by molar-refractivity contribution is 4.97. The third-order valence-electron chi connectivity index (χ3n) is 3.17. The molecule has 0 amide bonds. The molecule has 0 spiro atoms. The van der Waals surface area contributed by atoms with E-state index >= 15 is 0 Å². The summed E-state index contributed by atoms with van der Waals surface area (Å²) < 4.78 is 7.68. The molecule has 1 aromatic rings. The standard InChI is InChI=1S/C13H23N3O/c1-11(2)16-8-6-13(15-16)10-17-9-12-5-3-4-7-14-12/h6,8,11-12,14H,3-5,7,9-10H2,1-2H3. The molecule has 1 saturated heterocycles. The summed E-state index contributed by atoms with van der Waals surface area (Å²) in [5, 5.41) is 7.94. The molecule has 1 aliphatic heterocycles. The Morgan fingerprint density at radius 2 is 2.41 bits per heavy atom. The lowest BCUT2D eigenvalue weighted by atomic mass is 10.1. The van der Waals surface area contributed by atoms with E-state index in [0.29, 0.717) is 18.7 Å². The van der Waals surface area contributed by atoms with Gasteiger partial charge in [-0.25, -0.2) is 0 Å². The van der Waals surface area contributed by atoms with Crippen LogP contribution < -0.4 is 5.32 Å². The molecule has 1 fully saturated rings. The van der Waals surface area contributed by atoms with Crippen LogP contribution in [0.3, 0.4) is 0 Å². The minimum absolute atomic E-state index is 0.420. The number of hydrogen-bond donors (Lipinski definition) is 1. The van der Waals surface area contributed by atoms with Crippen LogP contribution in [0.2, 0.25) is 0 Å². The highest BCUT2D eigenvalue weighted by Crippen LogP contribution is 2.09. The summed E-state index contributed by atoms with van der Waals surface area (Å²) in [5.41, 5.74) is 1.02. The molecule has 96 valence electrons. The molecular weight excluding hydrogens is 214 g/mol. The predicted octanol–water partition coefficient (Wildman–Crippen LogP) is 2.12. The van der Waals surface area contributed by atoms with Crippen molar-refractivity contribution in [2.45, 2.75) is 51.8 Å². The van der Waals surface area contributed by atoms with Crippen molar-refractivity contribution >= 4 is 0 Å². The average molecular weight is 237 g/mol. The quantitative estimate of drug-likeness (QED) is 0.852. The number of hydrogen-bond acceptors (Lipinski definition) is 3. The van der Waals surface area contributed by atoms with E-state index in [1.54, 1.807) is 0 Å². The molecule has 1 aliphatic rings. The van der Waals surface area contributed by atoms with Crippen LogP contribution in [0, 0.1) is 0 Å². The van der Waals surface area contributed by atoms with Crippen molar-refractivity contribution < 1.29 is 4.74 Å². The predicted molar refractivity (Wildman–Crippen MR) is 67.9 cm³/mol. The molecule has 1 unspecified atom stereocenters. The number of rotatable bonds is 5. The fourth-order valence-corrected chi connectivity index (χ4v) is 2.11. The zero-order valence-corrected chi connectivity index (χ0v) is 10.9. The zero-order valence-electron chi connectivity index (χ0n) is 10.9. The van der Waals surface area contributed by atoms with Crippen molar-refractivity contribution in [1.29, 1.82) is 0 Å². The number of aromatic nitrogens is 2. The third-order valence-corrected chi connectivity index (χ3v) is 3.17. The average Bonchev–Trinajstić information content (AvgIpc) is 2.79. The van der Waals surface area contributed by atoms with Crippen molar-refractivity contribution in [3.8, 4) is 0 Å². The Hall–Kier alpha value is -0.870. The van der Waals surface area contributed by atoms with E-state index in [1.165, 1.54) is 19.3 Å². The molecular formula is C13H23N3O. The van der Waals surface area contributed by atoms with Gasteiger partial charge < -0.3 is 10.1 Å². The molecule has 1 atom stereocenters. The molecule has 4 nitrogen and oxygen atoms in total. The van der Waals surface area contributed by atoms with Crippen molar-refractivity contribution in [2.75, 3.05) is 13.2 Å². The molecule has 0 saturated carbocycles. The Bertz CT molecular complexity index is 329. The van der Waals surface area contributed by atoms with Crippen LogP contribution in [0.1, 0.15) is 44.8 Å². The highest BCUT2D eigenvalue weighted by atomic mass is 16.5.